The Hall–Kier alpha value is -1.35. The Morgan fingerprint density at radius 3 is 2.58 bits per heavy atom. The summed E-state index contributed by atoms with van der Waals surface area (Å²) in [6, 6.07) is 8.21. The van der Waals surface area contributed by atoms with Crippen LogP contribution in [0.1, 0.15) is 37.3 Å². The Morgan fingerprint density at radius 1 is 1.32 bits per heavy atom. The molecule has 0 atom stereocenters. The van der Waals surface area contributed by atoms with Crippen LogP contribution in [0.15, 0.2) is 24.3 Å². The van der Waals surface area contributed by atoms with Gasteiger partial charge in [-0.2, -0.15) is 0 Å². The van der Waals surface area contributed by atoms with Crippen molar-refractivity contribution in [3.05, 3.63) is 35.4 Å². The summed E-state index contributed by atoms with van der Waals surface area (Å²) in [4.78, 5) is 14.0. The third-order valence-electron chi connectivity index (χ3n) is 4.06. The molecule has 1 aliphatic rings. The molecule has 0 unspecified atom stereocenters. The van der Waals surface area contributed by atoms with Gasteiger partial charge in [-0.25, -0.2) is 0 Å². The number of amides is 1. The normalized spacial score (nSPS) is 18.4. The van der Waals surface area contributed by atoms with Crippen LogP contribution >= 0.6 is 0 Å². The lowest BCUT2D eigenvalue weighted by atomic mass is 9.93. The lowest BCUT2D eigenvalue weighted by Gasteiger charge is -2.35. The van der Waals surface area contributed by atoms with Gasteiger partial charge in [0.1, 0.15) is 0 Å². The van der Waals surface area contributed by atoms with E-state index < -0.39 is 5.60 Å². The largest absolute Gasteiger partial charge is 0.390 e. The average Bonchev–Trinajstić information content (AvgIpc) is 2.37. The van der Waals surface area contributed by atoms with Crippen LogP contribution in [0.25, 0.3) is 0 Å². The van der Waals surface area contributed by atoms with Crippen molar-refractivity contribution in [2.75, 3.05) is 13.1 Å². The molecule has 0 aromatic heterocycles. The van der Waals surface area contributed by atoms with Crippen LogP contribution in [0.2, 0.25) is 0 Å². The zero-order valence-electron chi connectivity index (χ0n) is 11.9. The number of hydrogen-bond donors (Lipinski definition) is 1. The van der Waals surface area contributed by atoms with Gasteiger partial charge in [-0.3, -0.25) is 4.79 Å². The minimum atomic E-state index is -0.590. The van der Waals surface area contributed by atoms with E-state index in [9.17, 15) is 9.90 Å². The highest BCUT2D eigenvalue weighted by molar-refractivity contribution is 5.76. The van der Waals surface area contributed by atoms with Gasteiger partial charge in [0.25, 0.3) is 0 Å². The summed E-state index contributed by atoms with van der Waals surface area (Å²) < 4.78 is 0. The maximum absolute atomic E-state index is 12.1. The first-order valence-electron chi connectivity index (χ1n) is 7.03. The summed E-state index contributed by atoms with van der Waals surface area (Å²) in [5, 5.41) is 9.88. The van der Waals surface area contributed by atoms with Gasteiger partial charge in [0.15, 0.2) is 0 Å². The van der Waals surface area contributed by atoms with Gasteiger partial charge in [0.05, 0.1) is 5.60 Å². The van der Waals surface area contributed by atoms with Gasteiger partial charge in [-0.05, 0) is 44.2 Å². The van der Waals surface area contributed by atoms with E-state index in [1.807, 2.05) is 24.0 Å². The van der Waals surface area contributed by atoms with Crippen molar-refractivity contribution < 1.29 is 9.90 Å². The minimum Gasteiger partial charge on any atom is -0.390 e. The Kier molecular flexibility index (Phi) is 4.25. The second kappa shape index (κ2) is 5.74. The summed E-state index contributed by atoms with van der Waals surface area (Å²) in [6.45, 7) is 5.29. The highest BCUT2D eigenvalue weighted by atomic mass is 16.3. The van der Waals surface area contributed by atoms with E-state index in [0.29, 0.717) is 32.4 Å². The van der Waals surface area contributed by atoms with Crippen LogP contribution in [0.4, 0.5) is 0 Å². The first-order chi connectivity index (χ1) is 8.98. The lowest BCUT2D eigenvalue weighted by molar-refractivity contribution is -0.134. The zero-order valence-corrected chi connectivity index (χ0v) is 11.9. The highest BCUT2D eigenvalue weighted by Gasteiger charge is 2.29. The van der Waals surface area contributed by atoms with Gasteiger partial charge in [0.2, 0.25) is 5.91 Å². The molecule has 104 valence electrons. The molecule has 1 heterocycles. The van der Waals surface area contributed by atoms with Gasteiger partial charge >= 0.3 is 0 Å². The second-order valence-corrected chi connectivity index (χ2v) is 5.80. The van der Waals surface area contributed by atoms with Crippen LogP contribution in [-0.2, 0) is 11.2 Å². The van der Waals surface area contributed by atoms with Gasteiger partial charge in [-0.1, -0.05) is 24.3 Å². The second-order valence-electron chi connectivity index (χ2n) is 5.80. The number of benzene rings is 1. The van der Waals surface area contributed by atoms with Crippen molar-refractivity contribution in [3.8, 4) is 0 Å². The predicted molar refractivity (Wildman–Crippen MR) is 75.9 cm³/mol. The summed E-state index contributed by atoms with van der Waals surface area (Å²) in [5.41, 5.74) is 1.91. The van der Waals surface area contributed by atoms with Gasteiger partial charge in [0, 0.05) is 19.5 Å². The highest BCUT2D eigenvalue weighted by Crippen LogP contribution is 2.22. The average molecular weight is 261 g/mol. The van der Waals surface area contributed by atoms with Crippen molar-refractivity contribution >= 4 is 5.91 Å². The molecule has 1 aliphatic heterocycles. The van der Waals surface area contributed by atoms with E-state index in [2.05, 4.69) is 19.1 Å². The van der Waals surface area contributed by atoms with Crippen LogP contribution in [-0.4, -0.2) is 34.6 Å². The summed E-state index contributed by atoms with van der Waals surface area (Å²) >= 11 is 0. The molecule has 0 radical (unpaired) electrons. The van der Waals surface area contributed by atoms with Crippen molar-refractivity contribution in [1.82, 2.24) is 4.90 Å². The number of likely N-dealkylation sites (tertiary alicyclic amines) is 1. The first-order valence-corrected chi connectivity index (χ1v) is 7.03. The number of piperidine rings is 1. The summed E-state index contributed by atoms with van der Waals surface area (Å²) in [5.74, 6) is 0.207. The van der Waals surface area contributed by atoms with E-state index in [1.54, 1.807) is 0 Å². The fourth-order valence-electron chi connectivity index (χ4n) is 2.53. The number of aliphatic hydroxyl groups is 1. The molecule has 0 spiro atoms. The SMILES string of the molecule is Cc1ccccc1CCC(=O)N1CCC(C)(O)CC1. The number of nitrogens with zero attached hydrogens (tertiary/aromatic N) is 1. The monoisotopic (exact) mass is 261 g/mol. The molecule has 1 fully saturated rings. The van der Waals surface area contributed by atoms with Crippen LogP contribution in [0.5, 0.6) is 0 Å². The van der Waals surface area contributed by atoms with Crippen LogP contribution in [0.3, 0.4) is 0 Å². The molecular formula is C16H23NO2. The van der Waals surface area contributed by atoms with Gasteiger partial charge in [-0.15, -0.1) is 0 Å². The van der Waals surface area contributed by atoms with E-state index in [1.165, 1.54) is 11.1 Å². The predicted octanol–water partition coefficient (Wildman–Crippen LogP) is 2.30. The Morgan fingerprint density at radius 2 is 1.95 bits per heavy atom. The molecule has 3 heteroatoms. The van der Waals surface area contributed by atoms with E-state index >= 15 is 0 Å². The smallest absolute Gasteiger partial charge is 0.222 e. The molecule has 1 saturated heterocycles. The topological polar surface area (TPSA) is 40.5 Å². The number of carbonyl (C=O) groups is 1. The number of carbonyl (C=O) groups excluding carboxylic acids is 1. The molecule has 0 saturated carbocycles. The van der Waals surface area contributed by atoms with Crippen LogP contribution in [0, 0.1) is 6.92 Å². The molecule has 1 aromatic rings. The zero-order chi connectivity index (χ0) is 13.9. The molecule has 1 amide bonds. The fraction of sp³-hybridized carbons (Fsp3) is 0.562. The fourth-order valence-corrected chi connectivity index (χ4v) is 2.53. The molecule has 19 heavy (non-hydrogen) atoms. The third-order valence-corrected chi connectivity index (χ3v) is 4.06. The molecule has 1 N–H and O–H groups in total. The summed E-state index contributed by atoms with van der Waals surface area (Å²) in [6.07, 6.45) is 2.73. The number of rotatable bonds is 3. The lowest BCUT2D eigenvalue weighted by Crippen LogP contribution is -2.45. The van der Waals surface area contributed by atoms with Crippen molar-refractivity contribution in [1.29, 1.82) is 0 Å². The minimum absolute atomic E-state index is 0.207. The number of aryl methyl sites for hydroxylation is 2. The van der Waals surface area contributed by atoms with E-state index in [4.69, 9.17) is 0 Å². The number of hydrogen-bond acceptors (Lipinski definition) is 2. The molecule has 1 aromatic carbocycles. The van der Waals surface area contributed by atoms with Crippen molar-refractivity contribution in [3.63, 3.8) is 0 Å². The molecule has 3 nitrogen and oxygen atoms in total. The van der Waals surface area contributed by atoms with Gasteiger partial charge < -0.3 is 10.0 Å². The standard InChI is InChI=1S/C16H23NO2/c1-13-5-3-4-6-14(13)7-8-15(18)17-11-9-16(2,19)10-12-17/h3-6,19H,7-12H2,1-2H3. The third kappa shape index (κ3) is 3.80. The van der Waals surface area contributed by atoms with Crippen molar-refractivity contribution in [2.45, 2.75) is 45.1 Å². The molecule has 0 aliphatic carbocycles. The Labute approximate surface area is 115 Å². The Bertz CT molecular complexity index is 444. The van der Waals surface area contributed by atoms with Crippen LogP contribution < -0.4 is 0 Å². The molecule has 2 rings (SSSR count). The molecule has 0 bridgehead atoms. The quantitative estimate of drug-likeness (QED) is 0.907. The Balaban J connectivity index is 1.84. The summed E-state index contributed by atoms with van der Waals surface area (Å²) in [7, 11) is 0. The maximum atomic E-state index is 12.1. The molecular weight excluding hydrogens is 238 g/mol. The van der Waals surface area contributed by atoms with E-state index in [-0.39, 0.29) is 5.91 Å². The maximum Gasteiger partial charge on any atom is 0.222 e. The van der Waals surface area contributed by atoms with Crippen molar-refractivity contribution in [2.24, 2.45) is 0 Å². The van der Waals surface area contributed by atoms with E-state index in [0.717, 1.165) is 6.42 Å². The first kappa shape index (κ1) is 14.1.